The van der Waals surface area contributed by atoms with Gasteiger partial charge in [-0.3, -0.25) is 0 Å². The first-order chi connectivity index (χ1) is 15.7. The van der Waals surface area contributed by atoms with Crippen molar-refractivity contribution in [1.29, 1.82) is 0 Å². The highest BCUT2D eigenvalue weighted by atomic mass is 32.1. The Morgan fingerprint density at radius 2 is 1.75 bits per heavy atom. The summed E-state index contributed by atoms with van der Waals surface area (Å²) in [6, 6.07) is 16.5. The quantitative estimate of drug-likeness (QED) is 0.376. The highest BCUT2D eigenvalue weighted by molar-refractivity contribution is 7.10. The van der Waals surface area contributed by atoms with Gasteiger partial charge in [-0.05, 0) is 41.7 Å². The zero-order valence-corrected chi connectivity index (χ0v) is 18.6. The van der Waals surface area contributed by atoms with E-state index < -0.39 is 12.1 Å². The van der Waals surface area contributed by atoms with Crippen molar-refractivity contribution in [3.05, 3.63) is 81.8 Å². The Labute approximate surface area is 190 Å². The van der Waals surface area contributed by atoms with Gasteiger partial charge in [0.2, 0.25) is 0 Å². The SMILES string of the molecule is CCOC(=O)c1csc(C=CCCNC(=O)OCC2c3ccccc3-c3ccccc32)n1. The minimum Gasteiger partial charge on any atom is -0.461 e. The predicted molar refractivity (Wildman–Crippen MR) is 125 cm³/mol. The van der Waals surface area contributed by atoms with Crippen LogP contribution in [0.25, 0.3) is 17.2 Å². The van der Waals surface area contributed by atoms with E-state index in [0.717, 1.165) is 0 Å². The van der Waals surface area contributed by atoms with Crippen LogP contribution in [0.4, 0.5) is 4.79 Å². The molecule has 1 aromatic heterocycles. The second kappa shape index (κ2) is 10.2. The molecule has 0 radical (unpaired) electrons. The van der Waals surface area contributed by atoms with Crippen molar-refractivity contribution in [3.63, 3.8) is 0 Å². The fourth-order valence-electron chi connectivity index (χ4n) is 3.75. The van der Waals surface area contributed by atoms with Gasteiger partial charge in [0.25, 0.3) is 0 Å². The Bertz CT molecular complexity index is 1090. The molecule has 6 nitrogen and oxygen atoms in total. The van der Waals surface area contributed by atoms with Crippen molar-refractivity contribution in [2.75, 3.05) is 19.8 Å². The summed E-state index contributed by atoms with van der Waals surface area (Å²) in [7, 11) is 0. The molecule has 0 atom stereocenters. The zero-order chi connectivity index (χ0) is 22.3. The highest BCUT2D eigenvalue weighted by Crippen LogP contribution is 2.44. The molecule has 0 saturated heterocycles. The molecular weight excluding hydrogens is 424 g/mol. The van der Waals surface area contributed by atoms with Gasteiger partial charge in [-0.15, -0.1) is 11.3 Å². The van der Waals surface area contributed by atoms with Crippen molar-refractivity contribution in [2.24, 2.45) is 0 Å². The minimum absolute atomic E-state index is 0.0477. The van der Waals surface area contributed by atoms with Gasteiger partial charge in [-0.2, -0.15) is 0 Å². The minimum atomic E-state index is -0.431. The van der Waals surface area contributed by atoms with E-state index in [9.17, 15) is 9.59 Å². The second-order valence-corrected chi connectivity index (χ2v) is 8.12. The van der Waals surface area contributed by atoms with Crippen molar-refractivity contribution in [2.45, 2.75) is 19.3 Å². The van der Waals surface area contributed by atoms with Crippen LogP contribution in [0, 0.1) is 0 Å². The normalized spacial score (nSPS) is 12.4. The summed E-state index contributed by atoms with van der Waals surface area (Å²) < 4.78 is 10.5. The van der Waals surface area contributed by atoms with Gasteiger partial charge < -0.3 is 14.8 Å². The molecule has 0 unspecified atom stereocenters. The van der Waals surface area contributed by atoms with Crippen LogP contribution in [-0.2, 0) is 9.47 Å². The van der Waals surface area contributed by atoms with Gasteiger partial charge in [-0.1, -0.05) is 54.6 Å². The van der Waals surface area contributed by atoms with E-state index in [4.69, 9.17) is 9.47 Å². The monoisotopic (exact) mass is 448 g/mol. The van der Waals surface area contributed by atoms with E-state index >= 15 is 0 Å². The molecule has 0 fully saturated rings. The molecule has 4 rings (SSSR count). The number of amides is 1. The maximum Gasteiger partial charge on any atom is 0.407 e. The van der Waals surface area contributed by atoms with Gasteiger partial charge in [0.05, 0.1) is 6.61 Å². The summed E-state index contributed by atoms with van der Waals surface area (Å²) in [5.74, 6) is -0.369. The summed E-state index contributed by atoms with van der Waals surface area (Å²) in [6.07, 6.45) is 3.92. The van der Waals surface area contributed by atoms with Gasteiger partial charge >= 0.3 is 12.1 Å². The van der Waals surface area contributed by atoms with Crippen LogP contribution in [0.3, 0.4) is 0 Å². The predicted octanol–water partition coefficient (Wildman–Crippen LogP) is 5.26. The third-order valence-corrected chi connectivity index (χ3v) is 6.00. The van der Waals surface area contributed by atoms with E-state index in [-0.39, 0.29) is 5.92 Å². The molecule has 164 valence electrons. The molecule has 1 aliphatic carbocycles. The Kier molecular flexibility index (Phi) is 6.97. The van der Waals surface area contributed by atoms with Crippen LogP contribution in [0.15, 0.2) is 60.0 Å². The first-order valence-corrected chi connectivity index (χ1v) is 11.4. The number of alkyl carbamates (subject to hydrolysis) is 1. The number of esters is 1. The van der Waals surface area contributed by atoms with Crippen molar-refractivity contribution >= 4 is 29.5 Å². The molecule has 0 aliphatic heterocycles. The Hall–Kier alpha value is -3.45. The summed E-state index contributed by atoms with van der Waals surface area (Å²) in [5.41, 5.74) is 5.10. The number of nitrogens with one attached hydrogen (secondary N) is 1. The summed E-state index contributed by atoms with van der Waals surface area (Å²) in [5, 5.41) is 5.17. The first kappa shape index (κ1) is 21.8. The third-order valence-electron chi connectivity index (χ3n) is 5.19. The number of benzene rings is 2. The Balaban J connectivity index is 1.23. The summed E-state index contributed by atoms with van der Waals surface area (Å²) in [4.78, 5) is 28.0. The summed E-state index contributed by atoms with van der Waals surface area (Å²) in [6.45, 7) is 2.83. The largest absolute Gasteiger partial charge is 0.461 e. The van der Waals surface area contributed by atoms with Crippen molar-refractivity contribution in [3.8, 4) is 11.1 Å². The lowest BCUT2D eigenvalue weighted by Crippen LogP contribution is -2.26. The number of nitrogens with zero attached hydrogens (tertiary/aromatic N) is 1. The number of hydrogen-bond acceptors (Lipinski definition) is 6. The van der Waals surface area contributed by atoms with Crippen molar-refractivity contribution < 1.29 is 19.1 Å². The number of ether oxygens (including phenoxy) is 2. The Morgan fingerprint density at radius 1 is 1.06 bits per heavy atom. The molecule has 1 heterocycles. The van der Waals surface area contributed by atoms with Crippen LogP contribution >= 0.6 is 11.3 Å². The number of fused-ring (bicyclic) bond motifs is 3. The molecule has 3 aromatic rings. The molecule has 1 amide bonds. The van der Waals surface area contributed by atoms with Crippen LogP contribution in [-0.4, -0.2) is 36.8 Å². The van der Waals surface area contributed by atoms with Gasteiger partial charge in [0.1, 0.15) is 11.6 Å². The fourth-order valence-corrected chi connectivity index (χ4v) is 4.46. The smallest absolute Gasteiger partial charge is 0.407 e. The van der Waals surface area contributed by atoms with E-state index in [2.05, 4.69) is 34.6 Å². The molecule has 1 aliphatic rings. The lowest BCUT2D eigenvalue weighted by atomic mass is 9.98. The molecule has 0 saturated carbocycles. The maximum absolute atomic E-state index is 12.2. The van der Waals surface area contributed by atoms with Crippen LogP contribution in [0.2, 0.25) is 0 Å². The van der Waals surface area contributed by atoms with E-state index in [1.807, 2.05) is 36.4 Å². The summed E-state index contributed by atoms with van der Waals surface area (Å²) >= 11 is 1.37. The molecule has 32 heavy (non-hydrogen) atoms. The van der Waals surface area contributed by atoms with Crippen LogP contribution in [0.5, 0.6) is 0 Å². The van der Waals surface area contributed by atoms with Crippen LogP contribution < -0.4 is 5.32 Å². The Morgan fingerprint density at radius 3 is 2.44 bits per heavy atom. The van der Waals surface area contributed by atoms with E-state index in [1.54, 1.807) is 12.3 Å². The standard InChI is InChI=1S/C25H24N2O4S/c1-2-30-24(28)22-16-32-23(27-22)13-7-8-14-26-25(29)31-15-21-19-11-5-3-9-17(19)18-10-4-6-12-20(18)21/h3-7,9-13,16,21H,2,8,14-15H2,1H3,(H,26,29). The molecule has 0 bridgehead atoms. The lowest BCUT2D eigenvalue weighted by molar-refractivity contribution is 0.0520. The first-order valence-electron chi connectivity index (χ1n) is 10.6. The van der Waals surface area contributed by atoms with E-state index in [0.29, 0.717) is 36.9 Å². The number of carbonyl (C=O) groups excluding carboxylic acids is 2. The number of rotatable bonds is 8. The second-order valence-electron chi connectivity index (χ2n) is 7.23. The molecular formula is C25H24N2O4S. The fraction of sp³-hybridized carbons (Fsp3) is 0.240. The molecule has 0 spiro atoms. The lowest BCUT2D eigenvalue weighted by Gasteiger charge is -2.14. The van der Waals surface area contributed by atoms with Gasteiger partial charge in [-0.25, -0.2) is 14.6 Å². The molecule has 1 N–H and O–H groups in total. The average molecular weight is 449 g/mol. The number of carbonyl (C=O) groups is 2. The van der Waals surface area contributed by atoms with Gasteiger partial charge in [0.15, 0.2) is 5.69 Å². The third kappa shape index (κ3) is 4.89. The molecule has 7 heteroatoms. The maximum atomic E-state index is 12.2. The van der Waals surface area contributed by atoms with Crippen LogP contribution in [0.1, 0.15) is 45.9 Å². The molecule has 2 aromatic carbocycles. The van der Waals surface area contributed by atoms with Gasteiger partial charge in [0, 0.05) is 17.8 Å². The van der Waals surface area contributed by atoms with Crippen molar-refractivity contribution in [1.82, 2.24) is 10.3 Å². The number of aromatic nitrogens is 1. The number of thiazole rings is 1. The average Bonchev–Trinajstić information content (AvgIpc) is 3.41. The number of hydrogen-bond donors (Lipinski definition) is 1. The zero-order valence-electron chi connectivity index (χ0n) is 17.7. The van der Waals surface area contributed by atoms with E-state index in [1.165, 1.54) is 33.6 Å². The topological polar surface area (TPSA) is 77.5 Å². The highest BCUT2D eigenvalue weighted by Gasteiger charge is 2.28.